The number of hydrogen-bond donors (Lipinski definition) is 0. The molecule has 1 nitrogen and oxygen atoms in total. The van der Waals surface area contributed by atoms with Crippen LogP contribution in [-0.2, 0) is 33.7 Å². The third-order valence-electron chi connectivity index (χ3n) is 0. The Kier molecular flexibility index (Phi) is 22.1. The predicted molar refractivity (Wildman–Crippen MR) is 13.0 cm³/mol. The van der Waals surface area contributed by atoms with Crippen LogP contribution >= 0.6 is 0 Å². The number of thiocyanates is 1. The fourth-order valence-corrected chi connectivity index (χ4v) is 0. The minimum absolute atomic E-state index is 0. The summed E-state index contributed by atoms with van der Waals surface area (Å²) in [6.07, 6.45) is 0. The zero-order chi connectivity index (χ0) is 2.71. The monoisotopic (exact) mass is 253 g/mol. The molecule has 0 unspecified atom stereocenters. The Morgan fingerprint density at radius 1 is 1.75 bits per heavy atom. The molecule has 0 aromatic rings. The van der Waals surface area contributed by atoms with Crippen LogP contribution in [0.1, 0.15) is 0 Å². The average molecular weight is 253 g/mol. The zero-order valence-corrected chi connectivity index (χ0v) is 4.76. The molecule has 3 heteroatoms. The maximum Gasteiger partial charge on any atom is 0 e. The third-order valence-corrected chi connectivity index (χ3v) is 0. The van der Waals surface area contributed by atoms with Crippen molar-refractivity contribution < 1.29 is 21.1 Å². The molecule has 0 amide bonds. The molecule has 0 aliphatic rings. The Morgan fingerprint density at radius 3 is 1.75 bits per heavy atom. The molecule has 0 N–H and O–H groups in total. The molecule has 0 heterocycles. The second kappa shape index (κ2) is 10.00. The summed E-state index contributed by atoms with van der Waals surface area (Å²) >= 11 is 3.70. The predicted octanol–water partition coefficient (Wildman–Crippen LogP) is 0.0119. The molecule has 0 aliphatic heterocycles. The Morgan fingerprint density at radius 2 is 1.75 bits per heavy atom. The van der Waals surface area contributed by atoms with Crippen LogP contribution in [0.3, 0.4) is 0 Å². The van der Waals surface area contributed by atoms with E-state index in [1.54, 1.807) is 0 Å². The van der Waals surface area contributed by atoms with Crippen molar-refractivity contribution in [3.05, 3.63) is 0 Å². The molecule has 0 saturated heterocycles. The summed E-state index contributed by atoms with van der Waals surface area (Å²) in [6.45, 7) is 0. The standard InChI is InChI=1S/CHNS.Pt/c2-1-3;/h3H;/p-1. The van der Waals surface area contributed by atoms with Gasteiger partial charge in [0.2, 0.25) is 0 Å². The maximum atomic E-state index is 7.13. The molecular formula is CNPtS-. The smallest absolute Gasteiger partial charge is 0 e. The van der Waals surface area contributed by atoms with Crippen LogP contribution < -0.4 is 0 Å². The molecule has 0 saturated carbocycles. The summed E-state index contributed by atoms with van der Waals surface area (Å²) < 4.78 is 0. The van der Waals surface area contributed by atoms with E-state index < -0.39 is 0 Å². The van der Waals surface area contributed by atoms with Gasteiger partial charge in [-0.05, 0) is 0 Å². The van der Waals surface area contributed by atoms with Crippen molar-refractivity contribution in [3.63, 3.8) is 0 Å². The number of rotatable bonds is 0. The van der Waals surface area contributed by atoms with Gasteiger partial charge < -0.3 is 12.6 Å². The van der Waals surface area contributed by atoms with Gasteiger partial charge in [0.25, 0.3) is 0 Å². The normalized spacial score (nSPS) is 1.75. The fraction of sp³-hybridized carbons (Fsp3) is 0. The van der Waals surface area contributed by atoms with E-state index in [-0.39, 0.29) is 21.1 Å². The van der Waals surface area contributed by atoms with Gasteiger partial charge in [0.1, 0.15) is 0 Å². The van der Waals surface area contributed by atoms with E-state index in [9.17, 15) is 0 Å². The van der Waals surface area contributed by atoms with Crippen LogP contribution in [-0.4, -0.2) is 0 Å². The van der Waals surface area contributed by atoms with Gasteiger partial charge in [0, 0.05) is 21.1 Å². The minimum atomic E-state index is 0. The molecule has 0 aromatic heterocycles. The molecule has 0 aliphatic carbocycles. The van der Waals surface area contributed by atoms with Crippen molar-refractivity contribution in [2.45, 2.75) is 0 Å². The van der Waals surface area contributed by atoms with Crippen molar-refractivity contribution in [2.75, 3.05) is 0 Å². The molecule has 26 valence electrons. The van der Waals surface area contributed by atoms with E-state index in [1.807, 2.05) is 0 Å². The van der Waals surface area contributed by atoms with Gasteiger partial charge in [-0.25, -0.2) is 5.26 Å². The number of hydrogen-bond acceptors (Lipinski definition) is 2. The third kappa shape index (κ3) is 29.6. The van der Waals surface area contributed by atoms with Crippen molar-refractivity contribution in [1.82, 2.24) is 0 Å². The van der Waals surface area contributed by atoms with E-state index in [4.69, 9.17) is 5.26 Å². The Balaban J connectivity index is 0. The molecule has 0 radical (unpaired) electrons. The molecule has 0 atom stereocenters. The zero-order valence-electron chi connectivity index (χ0n) is 1.67. The van der Waals surface area contributed by atoms with Gasteiger partial charge in [-0.2, -0.15) is 0 Å². The summed E-state index contributed by atoms with van der Waals surface area (Å²) in [5, 5.41) is 8.47. The maximum absolute atomic E-state index is 7.13. The summed E-state index contributed by atoms with van der Waals surface area (Å²) in [6, 6.07) is 0. The molecule has 0 fully saturated rings. The Hall–Kier alpha value is 0.398. The second-order valence-electron chi connectivity index (χ2n) is 0.0913. The first-order valence-corrected chi connectivity index (χ1v) is 0.836. The van der Waals surface area contributed by atoms with Gasteiger partial charge >= 0.3 is 0 Å². The Labute approximate surface area is 44.7 Å². The van der Waals surface area contributed by atoms with Gasteiger partial charge in [0.15, 0.2) is 0 Å². The number of nitriles is 1. The Bertz CT molecular complexity index is 29.5. The summed E-state index contributed by atoms with van der Waals surface area (Å²) in [7, 11) is 0. The largest absolute Gasteiger partial charge is 0.696 e. The van der Waals surface area contributed by atoms with E-state index in [0.717, 1.165) is 0 Å². The second-order valence-corrected chi connectivity index (χ2v) is 0.274. The molecule has 4 heavy (non-hydrogen) atoms. The van der Waals surface area contributed by atoms with Crippen LogP contribution in [0.2, 0.25) is 0 Å². The first-order chi connectivity index (χ1) is 1.41. The number of nitrogens with zero attached hydrogens (tertiary/aromatic N) is 1. The molecular weight excluding hydrogens is 253 g/mol. The van der Waals surface area contributed by atoms with Gasteiger partial charge in [0.05, 0.1) is 0 Å². The fourth-order valence-electron chi connectivity index (χ4n) is 0. The first-order valence-electron chi connectivity index (χ1n) is 0.428. The van der Waals surface area contributed by atoms with Crippen LogP contribution in [0, 0.1) is 10.7 Å². The van der Waals surface area contributed by atoms with Crippen LogP contribution in [0.15, 0.2) is 0 Å². The van der Waals surface area contributed by atoms with Gasteiger partial charge in [-0.15, -0.1) is 0 Å². The summed E-state index contributed by atoms with van der Waals surface area (Å²) in [5.74, 6) is 0. The van der Waals surface area contributed by atoms with Crippen molar-refractivity contribution >= 4 is 12.6 Å². The van der Waals surface area contributed by atoms with Gasteiger partial charge in [-0.3, -0.25) is 0 Å². The van der Waals surface area contributed by atoms with Crippen LogP contribution in [0.25, 0.3) is 0 Å². The van der Waals surface area contributed by atoms with E-state index >= 15 is 0 Å². The van der Waals surface area contributed by atoms with E-state index in [2.05, 4.69) is 12.6 Å². The van der Waals surface area contributed by atoms with Crippen molar-refractivity contribution in [2.24, 2.45) is 0 Å². The first kappa shape index (κ1) is 8.83. The topological polar surface area (TPSA) is 23.8 Å². The SMILES string of the molecule is N#C[S-].[Pt]. The van der Waals surface area contributed by atoms with Crippen molar-refractivity contribution in [3.8, 4) is 5.40 Å². The van der Waals surface area contributed by atoms with E-state index in [0.29, 0.717) is 0 Å². The molecule has 0 spiro atoms. The molecule has 0 aromatic carbocycles. The van der Waals surface area contributed by atoms with Crippen LogP contribution in [0.5, 0.6) is 0 Å². The summed E-state index contributed by atoms with van der Waals surface area (Å²) in [4.78, 5) is 0. The molecule has 0 rings (SSSR count). The van der Waals surface area contributed by atoms with Crippen LogP contribution in [0.4, 0.5) is 0 Å². The van der Waals surface area contributed by atoms with Crippen molar-refractivity contribution in [1.29, 1.82) is 5.26 Å². The summed E-state index contributed by atoms with van der Waals surface area (Å²) in [5.41, 5.74) is 0. The molecule has 0 bridgehead atoms. The van der Waals surface area contributed by atoms with E-state index in [1.165, 1.54) is 5.40 Å². The quantitative estimate of drug-likeness (QED) is 0.448. The van der Waals surface area contributed by atoms with Gasteiger partial charge in [-0.1, -0.05) is 5.40 Å². The minimum Gasteiger partial charge on any atom is -0.696 e. The average Bonchev–Trinajstić information content (AvgIpc) is 0.918.